The maximum Gasteiger partial charge on any atom is 0.321 e. The van der Waals surface area contributed by atoms with Crippen LogP contribution in [0.25, 0.3) is 0 Å². The summed E-state index contributed by atoms with van der Waals surface area (Å²) in [6.45, 7) is 7.52. The van der Waals surface area contributed by atoms with E-state index in [9.17, 15) is 19.5 Å². The van der Waals surface area contributed by atoms with Crippen LogP contribution in [0, 0.1) is 40.4 Å². The van der Waals surface area contributed by atoms with Crippen molar-refractivity contribution in [2.75, 3.05) is 5.88 Å². The first-order chi connectivity index (χ1) is 15.0. The Morgan fingerprint density at radius 3 is 2.28 bits per heavy atom. The molecule has 0 aliphatic heterocycles. The molecular formula is C25H37ClO6. The molecule has 7 heteroatoms. The van der Waals surface area contributed by atoms with Crippen molar-refractivity contribution in [2.24, 2.45) is 40.4 Å². The number of esters is 2. The summed E-state index contributed by atoms with van der Waals surface area (Å²) in [5.41, 5.74) is -0.411. The Labute approximate surface area is 195 Å². The molecule has 6 nitrogen and oxygen atoms in total. The molecule has 4 fully saturated rings. The van der Waals surface area contributed by atoms with Gasteiger partial charge in [0.15, 0.2) is 0 Å². The average molecular weight is 469 g/mol. The third-order valence-corrected chi connectivity index (χ3v) is 9.99. The van der Waals surface area contributed by atoms with Crippen molar-refractivity contribution in [1.29, 1.82) is 0 Å². The number of ether oxygens (including phenoxy) is 2. The zero-order valence-corrected chi connectivity index (χ0v) is 20.4. The summed E-state index contributed by atoms with van der Waals surface area (Å²) in [5.74, 6) is 0.339. The number of carbonyl (C=O) groups excluding carboxylic acids is 3. The molecule has 0 saturated heterocycles. The van der Waals surface area contributed by atoms with Crippen molar-refractivity contribution in [3.05, 3.63) is 0 Å². The lowest BCUT2D eigenvalue weighted by molar-refractivity contribution is -0.213. The standard InChI is InChI=1S/C25H37ClO6/c1-13(27)17-7-8-18-16-6-5-15-9-19(29)20(31-14(2)28)10-24(15,3)23(16)21(11-25(17,18)4)32-22(30)12-26/h15-21,23,29H,5-12H2,1-4H3/t15-,16-,17+,18-,19-,20-,21-,23+,24-,25+/m0/s1. The number of aliphatic hydroxyl groups excluding tert-OH is 1. The van der Waals surface area contributed by atoms with Gasteiger partial charge in [0, 0.05) is 18.8 Å². The fourth-order valence-electron chi connectivity index (χ4n) is 8.66. The number of halogens is 1. The van der Waals surface area contributed by atoms with Gasteiger partial charge in [-0.25, -0.2) is 0 Å². The summed E-state index contributed by atoms with van der Waals surface area (Å²) >= 11 is 5.82. The van der Waals surface area contributed by atoms with Crippen LogP contribution >= 0.6 is 11.6 Å². The fraction of sp³-hybridized carbons (Fsp3) is 0.880. The van der Waals surface area contributed by atoms with Gasteiger partial charge >= 0.3 is 11.9 Å². The zero-order chi connectivity index (χ0) is 23.4. The molecule has 4 saturated carbocycles. The van der Waals surface area contributed by atoms with E-state index in [4.69, 9.17) is 21.1 Å². The molecule has 4 rings (SSSR count). The molecule has 180 valence electrons. The lowest BCUT2D eigenvalue weighted by Crippen LogP contribution is -2.62. The molecule has 0 aromatic rings. The average Bonchev–Trinajstić information content (AvgIpc) is 3.05. The van der Waals surface area contributed by atoms with Crippen molar-refractivity contribution in [3.63, 3.8) is 0 Å². The monoisotopic (exact) mass is 468 g/mol. The molecule has 4 aliphatic carbocycles. The summed E-state index contributed by atoms with van der Waals surface area (Å²) in [6, 6.07) is 0. The summed E-state index contributed by atoms with van der Waals surface area (Å²) in [6.07, 6.45) is 4.20. The van der Waals surface area contributed by atoms with Crippen LogP contribution in [0.5, 0.6) is 0 Å². The number of carbonyl (C=O) groups is 3. The summed E-state index contributed by atoms with van der Waals surface area (Å²) < 4.78 is 11.5. The summed E-state index contributed by atoms with van der Waals surface area (Å²) in [7, 11) is 0. The molecule has 0 unspecified atom stereocenters. The number of Topliss-reactive ketones (excluding diaryl/α,β-unsaturated/α-hetero) is 1. The van der Waals surface area contributed by atoms with E-state index >= 15 is 0 Å². The number of alkyl halides is 1. The highest BCUT2D eigenvalue weighted by molar-refractivity contribution is 6.26. The van der Waals surface area contributed by atoms with Crippen LogP contribution in [-0.4, -0.2) is 47.0 Å². The molecular weight excluding hydrogens is 432 g/mol. The number of hydrogen-bond donors (Lipinski definition) is 1. The first-order valence-electron chi connectivity index (χ1n) is 12.1. The van der Waals surface area contributed by atoms with Gasteiger partial charge in [-0.3, -0.25) is 14.4 Å². The fourth-order valence-corrected chi connectivity index (χ4v) is 8.72. The number of fused-ring (bicyclic) bond motifs is 5. The maximum atomic E-state index is 12.5. The number of aliphatic hydroxyl groups is 1. The van der Waals surface area contributed by atoms with Gasteiger partial charge in [-0.2, -0.15) is 0 Å². The Morgan fingerprint density at radius 2 is 1.66 bits per heavy atom. The van der Waals surface area contributed by atoms with Crippen LogP contribution < -0.4 is 0 Å². The van der Waals surface area contributed by atoms with Crippen LogP contribution in [0.1, 0.15) is 72.6 Å². The van der Waals surface area contributed by atoms with Crippen molar-refractivity contribution in [2.45, 2.75) is 91.0 Å². The van der Waals surface area contributed by atoms with Gasteiger partial charge in [-0.15, -0.1) is 11.6 Å². The lowest BCUT2D eigenvalue weighted by atomic mass is 9.43. The molecule has 1 N–H and O–H groups in total. The maximum absolute atomic E-state index is 12.5. The van der Waals surface area contributed by atoms with E-state index in [0.717, 1.165) is 25.7 Å². The van der Waals surface area contributed by atoms with Crippen LogP contribution in [0.15, 0.2) is 0 Å². The van der Waals surface area contributed by atoms with Crippen LogP contribution in [0.2, 0.25) is 0 Å². The van der Waals surface area contributed by atoms with Gasteiger partial charge in [-0.1, -0.05) is 13.8 Å². The molecule has 0 heterocycles. The van der Waals surface area contributed by atoms with Gasteiger partial charge in [0.25, 0.3) is 0 Å². The van der Waals surface area contributed by atoms with Crippen LogP contribution in [0.3, 0.4) is 0 Å². The zero-order valence-electron chi connectivity index (χ0n) is 19.6. The van der Waals surface area contributed by atoms with E-state index in [1.54, 1.807) is 6.92 Å². The highest BCUT2D eigenvalue weighted by Gasteiger charge is 2.65. The highest BCUT2D eigenvalue weighted by Crippen LogP contribution is 2.68. The number of ketones is 1. The van der Waals surface area contributed by atoms with E-state index in [2.05, 4.69) is 13.8 Å². The smallest absolute Gasteiger partial charge is 0.321 e. The lowest BCUT2D eigenvalue weighted by Gasteiger charge is -2.63. The largest absolute Gasteiger partial charge is 0.461 e. The van der Waals surface area contributed by atoms with Gasteiger partial charge in [-0.05, 0) is 80.5 Å². The number of hydrogen-bond acceptors (Lipinski definition) is 6. The molecule has 0 aromatic heterocycles. The minimum atomic E-state index is -0.667. The predicted molar refractivity (Wildman–Crippen MR) is 119 cm³/mol. The topological polar surface area (TPSA) is 89.9 Å². The molecule has 0 spiro atoms. The Hall–Kier alpha value is -1.14. The second-order valence-corrected chi connectivity index (χ2v) is 11.6. The molecule has 0 amide bonds. The Balaban J connectivity index is 1.72. The van der Waals surface area contributed by atoms with Gasteiger partial charge < -0.3 is 14.6 Å². The normalized spacial score (nSPS) is 47.6. The molecule has 0 radical (unpaired) electrons. The van der Waals surface area contributed by atoms with Crippen molar-refractivity contribution < 1.29 is 29.0 Å². The van der Waals surface area contributed by atoms with Gasteiger partial charge in [0.05, 0.1) is 6.10 Å². The van der Waals surface area contributed by atoms with Crippen molar-refractivity contribution >= 4 is 29.3 Å². The minimum Gasteiger partial charge on any atom is -0.461 e. The third kappa shape index (κ3) is 3.79. The van der Waals surface area contributed by atoms with E-state index in [1.807, 2.05) is 0 Å². The SMILES string of the molecule is CC(=O)O[C@H]1C[C@@]2(C)[C@@H](CC[C@@H]3[C@@H]2[C@@H](OC(=O)CCl)C[C@]2(C)[C@@H](C(C)=O)CC[C@@H]32)C[C@@H]1O. The van der Waals surface area contributed by atoms with Gasteiger partial charge in [0.1, 0.15) is 23.9 Å². The van der Waals surface area contributed by atoms with E-state index in [0.29, 0.717) is 31.1 Å². The Kier molecular flexibility index (Phi) is 6.43. The van der Waals surface area contributed by atoms with E-state index < -0.39 is 18.2 Å². The van der Waals surface area contributed by atoms with Crippen LogP contribution in [-0.2, 0) is 23.9 Å². The summed E-state index contributed by atoms with van der Waals surface area (Å²) in [4.78, 5) is 36.6. The predicted octanol–water partition coefficient (Wildman–Crippen LogP) is 3.90. The Morgan fingerprint density at radius 1 is 0.969 bits per heavy atom. The van der Waals surface area contributed by atoms with Gasteiger partial charge in [0.2, 0.25) is 0 Å². The van der Waals surface area contributed by atoms with Crippen molar-refractivity contribution in [3.8, 4) is 0 Å². The molecule has 0 bridgehead atoms. The quantitative estimate of drug-likeness (QED) is 0.497. The third-order valence-electron chi connectivity index (χ3n) is 9.77. The van der Waals surface area contributed by atoms with E-state index in [1.165, 1.54) is 6.92 Å². The second-order valence-electron chi connectivity index (χ2n) is 11.3. The first kappa shape index (κ1) is 24.0. The molecule has 10 atom stereocenters. The van der Waals surface area contributed by atoms with Crippen LogP contribution in [0.4, 0.5) is 0 Å². The van der Waals surface area contributed by atoms with Crippen molar-refractivity contribution in [1.82, 2.24) is 0 Å². The molecule has 4 aliphatic rings. The first-order valence-corrected chi connectivity index (χ1v) is 12.7. The summed E-state index contributed by atoms with van der Waals surface area (Å²) in [5, 5.41) is 10.7. The highest BCUT2D eigenvalue weighted by atomic mass is 35.5. The second kappa shape index (κ2) is 8.57. The molecule has 0 aromatic carbocycles. The Bertz CT molecular complexity index is 784. The number of rotatable bonds is 4. The van der Waals surface area contributed by atoms with E-state index in [-0.39, 0.29) is 52.3 Å². The molecule has 32 heavy (non-hydrogen) atoms. The minimum absolute atomic E-state index is 0.00171.